The zero-order chi connectivity index (χ0) is 21.2. The number of para-hydroxylation sites is 1. The molecule has 0 aliphatic rings. The maximum Gasteiger partial charge on any atom is 0.139 e. The van der Waals surface area contributed by atoms with Gasteiger partial charge in [0.15, 0.2) is 0 Å². The van der Waals surface area contributed by atoms with Gasteiger partial charge in [-0.05, 0) is 42.0 Å². The number of fused-ring (bicyclic) bond motifs is 2. The summed E-state index contributed by atoms with van der Waals surface area (Å²) >= 11 is 0. The smallest absolute Gasteiger partial charge is 0.139 e. The molecule has 1 N–H and O–H groups in total. The van der Waals surface area contributed by atoms with Crippen LogP contribution in [0, 0.1) is 0 Å². The monoisotopic (exact) mass is 411 g/mol. The molecule has 5 aromatic rings. The quantitative estimate of drug-likeness (QED) is 0.400. The number of aromatic nitrogens is 3. The van der Waals surface area contributed by atoms with Crippen molar-refractivity contribution >= 4 is 21.9 Å². The molecule has 2 heterocycles. The van der Waals surface area contributed by atoms with E-state index in [0.717, 1.165) is 44.6 Å². The molecule has 0 amide bonds. The molecular formula is C25H21N3O3. The molecular weight excluding hydrogens is 390 g/mol. The lowest BCUT2D eigenvalue weighted by molar-refractivity contribution is 0.146. The lowest BCUT2D eigenvalue weighted by atomic mass is 10.0. The highest BCUT2D eigenvalue weighted by Crippen LogP contribution is 2.30. The Bertz CT molecular complexity index is 1360. The van der Waals surface area contributed by atoms with Gasteiger partial charge in [0.1, 0.15) is 30.3 Å². The molecule has 0 bridgehead atoms. The third-order valence-corrected chi connectivity index (χ3v) is 5.21. The number of hydrogen-bond acceptors (Lipinski definition) is 5. The number of phenolic OH excluding ortho intramolecular Hbond substituents is 1. The number of nitrogens with zero attached hydrogens (tertiary/aromatic N) is 3. The third kappa shape index (κ3) is 3.69. The SMILES string of the molecule is COCCOc1ccc2c(c1)ncn2-c1ccc2cccc(-c3ccc(O)cc3)c2n1. The van der Waals surface area contributed by atoms with Crippen molar-refractivity contribution in [3.8, 4) is 28.4 Å². The Hall–Kier alpha value is -3.90. The number of ether oxygens (including phenoxy) is 2. The van der Waals surface area contributed by atoms with E-state index in [4.69, 9.17) is 14.5 Å². The third-order valence-electron chi connectivity index (χ3n) is 5.21. The summed E-state index contributed by atoms with van der Waals surface area (Å²) in [5, 5.41) is 10.7. The van der Waals surface area contributed by atoms with Gasteiger partial charge in [0.05, 0.1) is 23.2 Å². The van der Waals surface area contributed by atoms with Gasteiger partial charge in [0.25, 0.3) is 0 Å². The van der Waals surface area contributed by atoms with Crippen LogP contribution in [0.5, 0.6) is 11.5 Å². The number of imidazole rings is 1. The first-order valence-electron chi connectivity index (χ1n) is 10.0. The average molecular weight is 411 g/mol. The summed E-state index contributed by atoms with van der Waals surface area (Å²) in [7, 11) is 1.65. The highest BCUT2D eigenvalue weighted by molar-refractivity contribution is 5.94. The van der Waals surface area contributed by atoms with Gasteiger partial charge in [-0.15, -0.1) is 0 Å². The second-order valence-electron chi connectivity index (χ2n) is 7.20. The Morgan fingerprint density at radius 2 is 1.81 bits per heavy atom. The average Bonchev–Trinajstić information content (AvgIpc) is 3.22. The molecule has 0 saturated heterocycles. The highest BCUT2D eigenvalue weighted by Gasteiger charge is 2.11. The van der Waals surface area contributed by atoms with Crippen LogP contribution in [0.25, 0.3) is 38.9 Å². The van der Waals surface area contributed by atoms with Crippen LogP contribution in [-0.2, 0) is 4.74 Å². The standard InChI is InChI=1S/C25H21N3O3/c1-30-13-14-31-20-10-11-23-22(15-20)26-16-28(23)24-12-7-18-3-2-4-21(25(18)27-24)17-5-8-19(29)9-6-17/h2-12,15-16,29H,13-14H2,1H3. The van der Waals surface area contributed by atoms with Crippen molar-refractivity contribution in [1.82, 2.24) is 14.5 Å². The first-order chi connectivity index (χ1) is 15.2. The minimum absolute atomic E-state index is 0.244. The first kappa shape index (κ1) is 19.1. The molecule has 31 heavy (non-hydrogen) atoms. The molecule has 6 nitrogen and oxygen atoms in total. The van der Waals surface area contributed by atoms with Crippen LogP contribution in [0.4, 0.5) is 0 Å². The van der Waals surface area contributed by atoms with Crippen molar-refractivity contribution in [1.29, 1.82) is 0 Å². The number of hydrogen-bond donors (Lipinski definition) is 1. The number of methoxy groups -OCH3 is 1. The summed E-state index contributed by atoms with van der Waals surface area (Å²) in [4.78, 5) is 9.50. The topological polar surface area (TPSA) is 69.4 Å². The molecule has 6 heteroatoms. The van der Waals surface area contributed by atoms with Gasteiger partial charge in [-0.3, -0.25) is 4.57 Å². The summed E-state index contributed by atoms with van der Waals surface area (Å²) < 4.78 is 12.7. The van der Waals surface area contributed by atoms with Crippen molar-refractivity contribution in [2.45, 2.75) is 0 Å². The number of rotatable bonds is 6. The van der Waals surface area contributed by atoms with Crippen LogP contribution in [-0.4, -0.2) is 40.0 Å². The summed E-state index contributed by atoms with van der Waals surface area (Å²) in [6.07, 6.45) is 1.78. The molecule has 0 unspecified atom stereocenters. The maximum atomic E-state index is 9.63. The minimum atomic E-state index is 0.244. The van der Waals surface area contributed by atoms with Gasteiger partial charge < -0.3 is 14.6 Å². The Kier molecular flexibility index (Phi) is 4.98. The van der Waals surface area contributed by atoms with Gasteiger partial charge >= 0.3 is 0 Å². The molecule has 2 aromatic heterocycles. The lowest BCUT2D eigenvalue weighted by Gasteiger charge is -2.10. The molecule has 154 valence electrons. The fraction of sp³-hybridized carbons (Fsp3) is 0.120. The molecule has 3 aromatic carbocycles. The van der Waals surface area contributed by atoms with E-state index < -0.39 is 0 Å². The van der Waals surface area contributed by atoms with E-state index in [0.29, 0.717) is 13.2 Å². The predicted molar refractivity (Wildman–Crippen MR) is 121 cm³/mol. The van der Waals surface area contributed by atoms with E-state index in [1.165, 1.54) is 0 Å². The zero-order valence-corrected chi connectivity index (χ0v) is 17.0. The molecule has 0 radical (unpaired) electrons. The minimum Gasteiger partial charge on any atom is -0.508 e. The largest absolute Gasteiger partial charge is 0.508 e. The van der Waals surface area contributed by atoms with E-state index in [1.807, 2.05) is 59.2 Å². The van der Waals surface area contributed by atoms with Crippen molar-refractivity contribution in [2.24, 2.45) is 0 Å². The van der Waals surface area contributed by atoms with Crippen molar-refractivity contribution in [3.05, 3.63) is 79.1 Å². The van der Waals surface area contributed by atoms with Crippen molar-refractivity contribution in [3.63, 3.8) is 0 Å². The second kappa shape index (κ2) is 8.08. The molecule has 0 aliphatic carbocycles. The maximum absolute atomic E-state index is 9.63. The van der Waals surface area contributed by atoms with E-state index in [2.05, 4.69) is 11.1 Å². The van der Waals surface area contributed by atoms with Crippen LogP contribution in [0.3, 0.4) is 0 Å². The Morgan fingerprint density at radius 3 is 2.65 bits per heavy atom. The predicted octanol–water partition coefficient (Wildman–Crippen LogP) is 4.97. The Morgan fingerprint density at radius 1 is 0.935 bits per heavy atom. The lowest BCUT2D eigenvalue weighted by Crippen LogP contribution is -2.04. The van der Waals surface area contributed by atoms with Crippen LogP contribution in [0.2, 0.25) is 0 Å². The second-order valence-corrected chi connectivity index (χ2v) is 7.20. The number of benzene rings is 3. The van der Waals surface area contributed by atoms with Gasteiger partial charge in [-0.2, -0.15) is 0 Å². The summed E-state index contributed by atoms with van der Waals surface area (Å²) in [6, 6.07) is 23.2. The fourth-order valence-corrected chi connectivity index (χ4v) is 3.65. The zero-order valence-electron chi connectivity index (χ0n) is 17.0. The Labute approximate surface area is 179 Å². The van der Waals surface area contributed by atoms with Crippen LogP contribution in [0.1, 0.15) is 0 Å². The molecule has 0 spiro atoms. The number of pyridine rings is 1. The molecule has 0 atom stereocenters. The number of phenols is 1. The molecule has 0 aliphatic heterocycles. The van der Waals surface area contributed by atoms with E-state index in [-0.39, 0.29) is 5.75 Å². The van der Waals surface area contributed by atoms with E-state index in [9.17, 15) is 5.11 Å². The van der Waals surface area contributed by atoms with Crippen LogP contribution in [0.15, 0.2) is 79.1 Å². The first-order valence-corrected chi connectivity index (χ1v) is 10.0. The van der Waals surface area contributed by atoms with E-state index >= 15 is 0 Å². The van der Waals surface area contributed by atoms with Crippen molar-refractivity contribution in [2.75, 3.05) is 20.3 Å². The summed E-state index contributed by atoms with van der Waals surface area (Å²) in [6.45, 7) is 1.03. The van der Waals surface area contributed by atoms with Gasteiger partial charge in [0.2, 0.25) is 0 Å². The Balaban J connectivity index is 1.56. The van der Waals surface area contributed by atoms with E-state index in [1.54, 1.807) is 25.6 Å². The van der Waals surface area contributed by atoms with Gasteiger partial charge in [0, 0.05) is 24.1 Å². The molecule has 0 saturated carbocycles. The van der Waals surface area contributed by atoms with Gasteiger partial charge in [-0.1, -0.05) is 30.3 Å². The highest BCUT2D eigenvalue weighted by atomic mass is 16.5. The van der Waals surface area contributed by atoms with Crippen LogP contribution < -0.4 is 4.74 Å². The molecule has 5 rings (SSSR count). The number of aromatic hydroxyl groups is 1. The summed E-state index contributed by atoms with van der Waals surface area (Å²) in [5.74, 6) is 1.79. The van der Waals surface area contributed by atoms with Crippen LogP contribution >= 0.6 is 0 Å². The molecule has 0 fully saturated rings. The van der Waals surface area contributed by atoms with Crippen molar-refractivity contribution < 1.29 is 14.6 Å². The normalized spacial score (nSPS) is 11.3. The van der Waals surface area contributed by atoms with Gasteiger partial charge in [-0.25, -0.2) is 9.97 Å². The summed E-state index contributed by atoms with van der Waals surface area (Å²) in [5.41, 5.74) is 4.70. The fourth-order valence-electron chi connectivity index (χ4n) is 3.65.